The summed E-state index contributed by atoms with van der Waals surface area (Å²) in [5, 5.41) is 10.6. The molecule has 1 unspecified atom stereocenters. The summed E-state index contributed by atoms with van der Waals surface area (Å²) in [7, 11) is -2.94. The van der Waals surface area contributed by atoms with E-state index in [-0.39, 0.29) is 29.7 Å². The standard InChI is InChI=1S/C20H22N6O5S/c27-18-4-3-17(19(28)21-18)25-10-13-1-2-15(9-16(13)20(25)29)26-12-14(22-23-26)11-24-5-7-32(30,31)8-6-24/h1-2,9,12,17H,3-8,10-11H2,(H-,21,27,28,30,31). The Labute approximate surface area is 185 Å². The van der Waals surface area contributed by atoms with Gasteiger partial charge in [-0.2, -0.15) is 0 Å². The van der Waals surface area contributed by atoms with Crippen molar-refractivity contribution in [2.24, 2.45) is 0 Å². The van der Waals surface area contributed by atoms with Gasteiger partial charge >= 0.3 is 0 Å². The lowest BCUT2D eigenvalue weighted by Crippen LogP contribution is -2.52. The van der Waals surface area contributed by atoms with Gasteiger partial charge < -0.3 is 9.45 Å². The molecule has 5 rings (SSSR count). The third-order valence-electron chi connectivity index (χ3n) is 6.14. The Bertz CT molecular complexity index is 1150. The number of hydrogen-bond acceptors (Lipinski definition) is 8. The third kappa shape index (κ3) is 3.96. The second-order valence-corrected chi connectivity index (χ2v) is 10.6. The lowest BCUT2D eigenvalue weighted by atomic mass is 10.0. The van der Waals surface area contributed by atoms with Gasteiger partial charge in [-0.3, -0.25) is 24.6 Å². The summed E-state index contributed by atoms with van der Waals surface area (Å²) in [5.41, 5.74) is 2.70. The molecule has 2 saturated heterocycles. The normalized spacial score (nSPS) is 23.3. The molecule has 2 fully saturated rings. The highest BCUT2D eigenvalue weighted by Gasteiger charge is 2.39. The second-order valence-electron chi connectivity index (χ2n) is 8.32. The summed E-state index contributed by atoms with van der Waals surface area (Å²) in [6, 6.07) is 4.76. The number of hydrogen-bond donors (Lipinski definition) is 1. The molecular weight excluding hydrogens is 436 g/mol. The van der Waals surface area contributed by atoms with Gasteiger partial charge in [0.05, 0.1) is 17.6 Å². The average molecular weight is 459 g/mol. The van der Waals surface area contributed by atoms with E-state index in [2.05, 4.69) is 15.6 Å². The number of benzene rings is 1. The Morgan fingerprint density at radius 1 is 1.19 bits per heavy atom. The number of nitrogens with one attached hydrogen (secondary N) is 1. The zero-order chi connectivity index (χ0) is 22.5. The Morgan fingerprint density at radius 3 is 2.72 bits per heavy atom. The molecule has 0 bridgehead atoms. The fourth-order valence-corrected chi connectivity index (χ4v) is 5.60. The fourth-order valence-electron chi connectivity index (χ4n) is 4.32. The van der Waals surface area contributed by atoms with Crippen molar-refractivity contribution in [2.75, 3.05) is 24.6 Å². The van der Waals surface area contributed by atoms with E-state index in [1.165, 1.54) is 4.90 Å². The summed E-state index contributed by atoms with van der Waals surface area (Å²) in [6.07, 6.45) is 2.30. The third-order valence-corrected chi connectivity index (χ3v) is 7.75. The van der Waals surface area contributed by atoms with Crippen molar-refractivity contribution in [3.63, 3.8) is 0 Å². The van der Waals surface area contributed by atoms with Crippen LogP contribution in [0.5, 0.6) is 0 Å². The summed E-state index contributed by atoms with van der Waals surface area (Å²) in [4.78, 5) is 40.1. The highest BCUT2D eigenvalue weighted by Crippen LogP contribution is 2.29. The largest absolute Gasteiger partial charge is 0.615 e. The lowest BCUT2D eigenvalue weighted by Gasteiger charge is -2.29. The summed E-state index contributed by atoms with van der Waals surface area (Å²) in [5.74, 6) is -0.693. The van der Waals surface area contributed by atoms with Gasteiger partial charge in [-0.25, -0.2) is 4.68 Å². The average Bonchev–Trinajstić information content (AvgIpc) is 3.34. The van der Waals surface area contributed by atoms with Crippen molar-refractivity contribution >= 4 is 27.9 Å². The minimum Gasteiger partial charge on any atom is -0.615 e. The van der Waals surface area contributed by atoms with Crippen LogP contribution in [0.2, 0.25) is 0 Å². The van der Waals surface area contributed by atoms with Gasteiger partial charge in [-0.15, -0.1) is 9.31 Å². The maximum absolute atomic E-state index is 13.0. The minimum atomic E-state index is -2.94. The van der Waals surface area contributed by atoms with Crippen molar-refractivity contribution in [2.45, 2.75) is 32.0 Å². The molecule has 4 heterocycles. The Balaban J connectivity index is 1.29. The SMILES string of the molecule is O=C1CCC(N2Cc3ccc(-n4cc(CN5CC[S+](=O)([O-])CC5)nn4)cc3C2=O)C(=O)N1. The predicted octanol–water partition coefficient (Wildman–Crippen LogP) is -0.526. The molecule has 0 spiro atoms. The van der Waals surface area contributed by atoms with Gasteiger partial charge in [0.2, 0.25) is 11.8 Å². The van der Waals surface area contributed by atoms with E-state index in [1.807, 2.05) is 17.0 Å². The molecule has 3 amide bonds. The number of sulfone groups is 1. The highest BCUT2D eigenvalue weighted by molar-refractivity contribution is 7.97. The number of carbonyl (C=O) groups is 3. The van der Waals surface area contributed by atoms with Crippen molar-refractivity contribution < 1.29 is 23.1 Å². The molecule has 2 aromatic rings. The predicted molar refractivity (Wildman–Crippen MR) is 111 cm³/mol. The number of imide groups is 1. The minimum absolute atomic E-state index is 0.151. The van der Waals surface area contributed by atoms with Gasteiger partial charge in [-0.05, 0) is 24.1 Å². The molecule has 1 N–H and O–H groups in total. The second kappa shape index (κ2) is 7.87. The number of carbonyl (C=O) groups excluding carboxylic acids is 3. The van der Waals surface area contributed by atoms with Gasteiger partial charge in [0.15, 0.2) is 0 Å². The number of aromatic nitrogens is 3. The maximum atomic E-state index is 13.0. The van der Waals surface area contributed by atoms with Crippen LogP contribution in [-0.4, -0.2) is 77.7 Å². The molecular formula is C20H22N6O5S. The van der Waals surface area contributed by atoms with E-state index in [0.717, 1.165) is 5.56 Å². The molecule has 1 aromatic heterocycles. The summed E-state index contributed by atoms with van der Waals surface area (Å²) >= 11 is 0. The Morgan fingerprint density at radius 2 is 1.97 bits per heavy atom. The molecule has 12 heteroatoms. The van der Waals surface area contributed by atoms with Crippen LogP contribution in [0.4, 0.5) is 0 Å². The maximum Gasteiger partial charge on any atom is 0.255 e. The summed E-state index contributed by atoms with van der Waals surface area (Å²) < 4.78 is 24.8. The van der Waals surface area contributed by atoms with Crippen LogP contribution in [0.15, 0.2) is 24.4 Å². The molecule has 0 radical (unpaired) electrons. The molecule has 11 nitrogen and oxygen atoms in total. The molecule has 0 aliphatic carbocycles. The van der Waals surface area contributed by atoms with E-state index in [9.17, 15) is 23.1 Å². The van der Waals surface area contributed by atoms with Gasteiger partial charge in [0, 0.05) is 48.4 Å². The molecule has 1 aromatic carbocycles. The van der Waals surface area contributed by atoms with Crippen molar-refractivity contribution in [3.8, 4) is 5.69 Å². The van der Waals surface area contributed by atoms with Crippen LogP contribution in [-0.2, 0) is 37.1 Å². The summed E-state index contributed by atoms with van der Waals surface area (Å²) in [6.45, 7) is 1.77. The molecule has 168 valence electrons. The fraction of sp³-hybridized carbons (Fsp3) is 0.450. The zero-order valence-corrected chi connectivity index (χ0v) is 18.0. The topological polar surface area (TPSA) is 141 Å². The molecule has 3 aliphatic heterocycles. The quantitative estimate of drug-likeness (QED) is 0.476. The van der Waals surface area contributed by atoms with Crippen LogP contribution in [0, 0.1) is 0 Å². The number of nitrogens with zero attached hydrogens (tertiary/aromatic N) is 5. The number of amides is 3. The molecule has 32 heavy (non-hydrogen) atoms. The highest BCUT2D eigenvalue weighted by atomic mass is 32.3. The van der Waals surface area contributed by atoms with E-state index < -0.39 is 22.2 Å². The van der Waals surface area contributed by atoms with E-state index >= 15 is 0 Å². The Kier molecular flexibility index (Phi) is 5.14. The zero-order valence-electron chi connectivity index (χ0n) is 17.2. The Hall–Kier alpha value is -2.96. The first-order valence-electron chi connectivity index (χ1n) is 10.4. The van der Waals surface area contributed by atoms with E-state index in [4.69, 9.17) is 0 Å². The smallest absolute Gasteiger partial charge is 0.255 e. The van der Waals surface area contributed by atoms with Crippen molar-refractivity contribution in [3.05, 3.63) is 41.2 Å². The number of fused-ring (bicyclic) bond motifs is 1. The van der Waals surface area contributed by atoms with Gasteiger partial charge in [-0.1, -0.05) is 11.3 Å². The molecule has 1 atom stereocenters. The molecule has 3 aliphatic rings. The van der Waals surface area contributed by atoms with Crippen LogP contribution >= 0.6 is 0 Å². The van der Waals surface area contributed by atoms with Gasteiger partial charge in [0.1, 0.15) is 17.5 Å². The van der Waals surface area contributed by atoms with Crippen molar-refractivity contribution in [1.29, 1.82) is 0 Å². The van der Waals surface area contributed by atoms with Gasteiger partial charge in [0.25, 0.3) is 5.91 Å². The van der Waals surface area contributed by atoms with Crippen LogP contribution in [0.1, 0.15) is 34.5 Å². The number of piperidine rings is 1. The van der Waals surface area contributed by atoms with E-state index in [1.54, 1.807) is 16.9 Å². The monoisotopic (exact) mass is 458 g/mol. The lowest BCUT2D eigenvalue weighted by molar-refractivity contribution is -0.136. The van der Waals surface area contributed by atoms with E-state index in [0.29, 0.717) is 49.5 Å². The first-order chi connectivity index (χ1) is 15.3. The van der Waals surface area contributed by atoms with Crippen LogP contribution in [0.25, 0.3) is 5.69 Å². The van der Waals surface area contributed by atoms with Crippen LogP contribution in [0.3, 0.4) is 0 Å². The van der Waals surface area contributed by atoms with Crippen LogP contribution < -0.4 is 5.32 Å². The number of rotatable bonds is 4. The first-order valence-corrected chi connectivity index (χ1v) is 12.2. The molecule has 0 saturated carbocycles. The van der Waals surface area contributed by atoms with Crippen molar-refractivity contribution in [1.82, 2.24) is 30.1 Å². The first kappa shape index (κ1) is 20.9.